The molecular formula is C13H12ClN3O2. The zero-order valence-electron chi connectivity index (χ0n) is 9.93. The summed E-state index contributed by atoms with van der Waals surface area (Å²) in [5.74, 6) is -0.862. The Morgan fingerprint density at radius 1 is 1.37 bits per heavy atom. The van der Waals surface area contributed by atoms with Crippen LogP contribution in [0.3, 0.4) is 0 Å². The van der Waals surface area contributed by atoms with Gasteiger partial charge in [-0.05, 0) is 17.7 Å². The number of aliphatic carboxylic acids is 1. The lowest BCUT2D eigenvalue weighted by Gasteiger charge is -2.28. The van der Waals surface area contributed by atoms with Gasteiger partial charge in [0.15, 0.2) is 0 Å². The first-order valence-electron chi connectivity index (χ1n) is 5.91. The average molecular weight is 278 g/mol. The van der Waals surface area contributed by atoms with Gasteiger partial charge in [0.2, 0.25) is 0 Å². The van der Waals surface area contributed by atoms with E-state index in [9.17, 15) is 9.90 Å². The van der Waals surface area contributed by atoms with E-state index in [1.165, 1.54) is 0 Å². The van der Waals surface area contributed by atoms with Gasteiger partial charge in [-0.1, -0.05) is 23.7 Å². The molecule has 0 spiro atoms. The standard InChI is InChI=1S/C13H12ClN3O2/c14-8-3-1-7(2-4-8)11-12-9(15-6-16-12)5-10(17-11)13(18)19/h1-4,6,10-11,17H,5H2,(H,15,16)(H,18,19)/t10-,11-/m0/s1. The van der Waals surface area contributed by atoms with Gasteiger partial charge in [-0.15, -0.1) is 0 Å². The smallest absolute Gasteiger partial charge is 0.321 e. The van der Waals surface area contributed by atoms with E-state index in [1.807, 2.05) is 12.1 Å². The first-order valence-corrected chi connectivity index (χ1v) is 6.29. The van der Waals surface area contributed by atoms with Gasteiger partial charge in [0.25, 0.3) is 0 Å². The number of H-pyrrole nitrogens is 1. The normalized spacial score (nSPS) is 21.9. The molecule has 0 aliphatic carbocycles. The minimum absolute atomic E-state index is 0.228. The van der Waals surface area contributed by atoms with E-state index in [2.05, 4.69) is 15.3 Å². The van der Waals surface area contributed by atoms with Gasteiger partial charge in [-0.3, -0.25) is 10.1 Å². The molecule has 5 nitrogen and oxygen atoms in total. The SMILES string of the molecule is O=C(O)[C@@H]1Cc2[nH]cnc2[C@H](c2ccc(Cl)cc2)N1. The third-order valence-corrected chi connectivity index (χ3v) is 3.55. The molecule has 1 aliphatic rings. The van der Waals surface area contributed by atoms with Crippen LogP contribution in [0.4, 0.5) is 0 Å². The molecule has 3 N–H and O–H groups in total. The summed E-state index contributed by atoms with van der Waals surface area (Å²) in [6.07, 6.45) is 2.01. The molecule has 0 bridgehead atoms. The molecule has 0 saturated carbocycles. The molecule has 1 aromatic carbocycles. The molecule has 0 radical (unpaired) electrons. The fraction of sp³-hybridized carbons (Fsp3) is 0.231. The molecule has 6 heteroatoms. The average Bonchev–Trinajstić information content (AvgIpc) is 2.86. The minimum Gasteiger partial charge on any atom is -0.480 e. The van der Waals surface area contributed by atoms with Gasteiger partial charge in [0.1, 0.15) is 6.04 Å². The van der Waals surface area contributed by atoms with Crippen molar-refractivity contribution in [3.05, 3.63) is 52.6 Å². The number of nitrogens with one attached hydrogen (secondary N) is 2. The lowest BCUT2D eigenvalue weighted by Crippen LogP contribution is -2.45. The Bertz CT molecular complexity index is 609. The van der Waals surface area contributed by atoms with Gasteiger partial charge in [0.05, 0.1) is 18.1 Å². The Morgan fingerprint density at radius 2 is 2.11 bits per heavy atom. The number of aromatic nitrogens is 2. The fourth-order valence-corrected chi connectivity index (χ4v) is 2.48. The largest absolute Gasteiger partial charge is 0.480 e. The summed E-state index contributed by atoms with van der Waals surface area (Å²) in [6.45, 7) is 0. The number of imidazole rings is 1. The van der Waals surface area contributed by atoms with Crippen LogP contribution in [0, 0.1) is 0 Å². The van der Waals surface area contributed by atoms with Gasteiger partial charge in [-0.25, -0.2) is 4.98 Å². The molecule has 0 unspecified atom stereocenters. The number of aromatic amines is 1. The molecule has 98 valence electrons. The highest BCUT2D eigenvalue weighted by Gasteiger charge is 2.32. The number of fused-ring (bicyclic) bond motifs is 1. The summed E-state index contributed by atoms with van der Waals surface area (Å²) in [5.41, 5.74) is 2.66. The molecule has 0 fully saturated rings. The maximum Gasteiger partial charge on any atom is 0.321 e. The summed E-state index contributed by atoms with van der Waals surface area (Å²) in [6, 6.07) is 6.48. The first-order chi connectivity index (χ1) is 9.15. The van der Waals surface area contributed by atoms with Crippen molar-refractivity contribution in [3.63, 3.8) is 0 Å². The molecule has 2 aromatic rings. The molecule has 0 amide bonds. The maximum absolute atomic E-state index is 11.2. The number of carboxylic acid groups (broad SMARTS) is 1. The van der Waals surface area contributed by atoms with E-state index in [1.54, 1.807) is 18.5 Å². The molecule has 2 atom stereocenters. The third kappa shape index (κ3) is 2.22. The van der Waals surface area contributed by atoms with Crippen molar-refractivity contribution >= 4 is 17.6 Å². The van der Waals surface area contributed by atoms with Gasteiger partial charge in [-0.2, -0.15) is 0 Å². The molecule has 1 aliphatic heterocycles. The van der Waals surface area contributed by atoms with Gasteiger partial charge < -0.3 is 10.1 Å². The number of hydrogen-bond donors (Lipinski definition) is 3. The van der Waals surface area contributed by atoms with Crippen molar-refractivity contribution in [2.75, 3.05) is 0 Å². The van der Waals surface area contributed by atoms with E-state index < -0.39 is 12.0 Å². The molecule has 1 aromatic heterocycles. The van der Waals surface area contributed by atoms with E-state index >= 15 is 0 Å². The Labute approximate surface area is 114 Å². The van der Waals surface area contributed by atoms with Gasteiger partial charge in [0, 0.05) is 17.1 Å². The number of benzene rings is 1. The first kappa shape index (κ1) is 12.2. The highest BCUT2D eigenvalue weighted by molar-refractivity contribution is 6.30. The number of hydrogen-bond acceptors (Lipinski definition) is 3. The molecule has 3 rings (SSSR count). The number of rotatable bonds is 2. The number of carboxylic acids is 1. The van der Waals surface area contributed by atoms with Crippen LogP contribution in [0.15, 0.2) is 30.6 Å². The highest BCUT2D eigenvalue weighted by atomic mass is 35.5. The van der Waals surface area contributed by atoms with E-state index in [0.717, 1.165) is 17.0 Å². The molecule has 2 heterocycles. The second kappa shape index (κ2) is 4.68. The Kier molecular flexibility index (Phi) is 3.00. The Morgan fingerprint density at radius 3 is 2.79 bits per heavy atom. The highest BCUT2D eigenvalue weighted by Crippen LogP contribution is 2.29. The summed E-state index contributed by atoms with van der Waals surface area (Å²) in [7, 11) is 0. The number of carbonyl (C=O) groups is 1. The van der Waals surface area contributed by atoms with Crippen molar-refractivity contribution in [3.8, 4) is 0 Å². The van der Waals surface area contributed by atoms with Crippen molar-refractivity contribution in [2.45, 2.75) is 18.5 Å². The zero-order valence-corrected chi connectivity index (χ0v) is 10.7. The van der Waals surface area contributed by atoms with Crippen LogP contribution in [0.25, 0.3) is 0 Å². The second-order valence-corrected chi connectivity index (χ2v) is 4.95. The monoisotopic (exact) mass is 277 g/mol. The Balaban J connectivity index is 2.00. The topological polar surface area (TPSA) is 78.0 Å². The maximum atomic E-state index is 11.2. The van der Waals surface area contributed by atoms with E-state index in [-0.39, 0.29) is 6.04 Å². The lowest BCUT2D eigenvalue weighted by molar-refractivity contribution is -0.139. The predicted molar refractivity (Wildman–Crippen MR) is 70.1 cm³/mol. The van der Waals surface area contributed by atoms with Crippen LogP contribution >= 0.6 is 11.6 Å². The summed E-state index contributed by atoms with van der Waals surface area (Å²) < 4.78 is 0. The summed E-state index contributed by atoms with van der Waals surface area (Å²) in [5, 5.41) is 12.9. The second-order valence-electron chi connectivity index (χ2n) is 4.51. The van der Waals surface area contributed by atoms with Crippen molar-refractivity contribution in [2.24, 2.45) is 0 Å². The van der Waals surface area contributed by atoms with Crippen molar-refractivity contribution in [1.82, 2.24) is 15.3 Å². The van der Waals surface area contributed by atoms with Crippen LogP contribution in [-0.4, -0.2) is 27.1 Å². The molecule has 19 heavy (non-hydrogen) atoms. The van der Waals surface area contributed by atoms with Crippen LogP contribution in [0.2, 0.25) is 5.02 Å². The predicted octanol–water partition coefficient (Wildman–Crippen LogP) is 1.75. The fourth-order valence-electron chi connectivity index (χ4n) is 2.35. The van der Waals surface area contributed by atoms with Crippen LogP contribution in [0.5, 0.6) is 0 Å². The van der Waals surface area contributed by atoms with Crippen molar-refractivity contribution < 1.29 is 9.90 Å². The third-order valence-electron chi connectivity index (χ3n) is 3.30. The zero-order chi connectivity index (χ0) is 13.4. The van der Waals surface area contributed by atoms with Crippen LogP contribution in [0.1, 0.15) is 23.0 Å². The minimum atomic E-state index is -0.862. The van der Waals surface area contributed by atoms with Crippen LogP contribution < -0.4 is 5.32 Å². The van der Waals surface area contributed by atoms with E-state index in [4.69, 9.17) is 11.6 Å². The molecular weight excluding hydrogens is 266 g/mol. The summed E-state index contributed by atoms with van der Waals surface area (Å²) >= 11 is 5.87. The van der Waals surface area contributed by atoms with Gasteiger partial charge >= 0.3 is 5.97 Å². The van der Waals surface area contributed by atoms with Crippen LogP contribution in [-0.2, 0) is 11.2 Å². The van der Waals surface area contributed by atoms with Crippen molar-refractivity contribution in [1.29, 1.82) is 0 Å². The number of nitrogens with zero attached hydrogens (tertiary/aromatic N) is 1. The molecule has 0 saturated heterocycles. The van der Waals surface area contributed by atoms with E-state index in [0.29, 0.717) is 11.4 Å². The Hall–Kier alpha value is -1.85. The quantitative estimate of drug-likeness (QED) is 0.781. The lowest BCUT2D eigenvalue weighted by atomic mass is 9.94. The number of halogens is 1. The summed E-state index contributed by atoms with van der Waals surface area (Å²) in [4.78, 5) is 18.5.